The topological polar surface area (TPSA) is 40.0 Å². The number of hydrogen-bond acceptors (Lipinski definition) is 2. The molecular weight excluding hydrogens is 667 g/mol. The molecule has 204 valence electrons. The van der Waals surface area contributed by atoms with Gasteiger partial charge in [0.25, 0.3) is 0 Å². The molecule has 0 bridgehead atoms. The molecule has 2 heterocycles. The van der Waals surface area contributed by atoms with E-state index in [1.807, 2.05) is 70.2 Å². The molecule has 0 unspecified atom stereocenters. The quantitative estimate of drug-likeness (QED) is 0.120. The zero-order valence-electron chi connectivity index (χ0n) is 24.4. The Labute approximate surface area is 254 Å². The van der Waals surface area contributed by atoms with E-state index >= 15 is 0 Å². The van der Waals surface area contributed by atoms with Gasteiger partial charge in [0.15, 0.2) is 0 Å². The van der Waals surface area contributed by atoms with E-state index < -0.39 is 0 Å². The fourth-order valence-corrected chi connectivity index (χ4v) is 4.54. The Kier molecular flexibility index (Phi) is 12.6. The molecule has 0 N–H and O–H groups in total. The molecule has 1 aliphatic heterocycles. The Balaban J connectivity index is 0.000000260. The molecule has 4 heteroatoms. The number of rotatable bonds is 3. The molecule has 4 aromatic rings. The molecule has 1 aliphatic rings. The normalized spacial score (nSPS) is 11.8. The van der Waals surface area contributed by atoms with Crippen molar-refractivity contribution >= 4 is 11.4 Å². The van der Waals surface area contributed by atoms with Crippen LogP contribution in [-0.2, 0) is 20.1 Å². The zero-order valence-corrected chi connectivity index (χ0v) is 26.8. The predicted molar refractivity (Wildman–Crippen MR) is 163 cm³/mol. The van der Waals surface area contributed by atoms with Crippen molar-refractivity contribution in [1.82, 2.24) is 0 Å². The van der Waals surface area contributed by atoms with Gasteiger partial charge in [-0.2, -0.15) is 16.9 Å². The maximum absolute atomic E-state index is 8.82. The van der Waals surface area contributed by atoms with E-state index in [2.05, 4.69) is 84.9 Å². The Hall–Kier alpha value is -3.90. The van der Waals surface area contributed by atoms with Crippen LogP contribution in [-0.4, -0.2) is 5.71 Å². The summed E-state index contributed by atoms with van der Waals surface area (Å²) in [5, 5.41) is 8.82. The van der Waals surface area contributed by atoms with Gasteiger partial charge in [0.1, 0.15) is 0 Å². The summed E-state index contributed by atoms with van der Waals surface area (Å²) in [7, 11) is 0. The minimum absolute atomic E-state index is 0. The average molecular weight is 704 g/mol. The Bertz CT molecular complexity index is 1480. The standard InChI is InChI=1S/C18H15N2.C16H16N.C2H6.Ir/c1-3-18(17-11-9-15(13-19)10-12-17)20-14(2)16-7-5-4-6-8-16;1-11-7-6-10-16-15-9-5-4-8-14(15)12(2)13(3)17(11)16;1-2;/h3-7,9-12H,1-2H3;4-10H,1-3H3;1-2H3;/q2*-1;;+3/b18-3-,20-14?;;;. The van der Waals surface area contributed by atoms with Crippen LogP contribution in [0.1, 0.15) is 69.5 Å². The van der Waals surface area contributed by atoms with Crippen LogP contribution >= 0.6 is 0 Å². The van der Waals surface area contributed by atoms with Crippen molar-refractivity contribution in [2.24, 2.45) is 4.99 Å². The molecule has 0 fully saturated rings. The Morgan fingerprint density at radius 1 is 0.925 bits per heavy atom. The second-order valence-corrected chi connectivity index (χ2v) is 8.98. The number of pyridine rings is 1. The molecule has 0 saturated heterocycles. The van der Waals surface area contributed by atoms with E-state index in [1.54, 1.807) is 12.1 Å². The van der Waals surface area contributed by atoms with Gasteiger partial charge in [-0.3, -0.25) is 0 Å². The molecule has 40 heavy (non-hydrogen) atoms. The fraction of sp³-hybridized carbons (Fsp3) is 0.194. The van der Waals surface area contributed by atoms with E-state index in [0.29, 0.717) is 5.56 Å². The third-order valence-electron chi connectivity index (χ3n) is 6.64. The van der Waals surface area contributed by atoms with Crippen LogP contribution in [0.25, 0.3) is 17.0 Å². The van der Waals surface area contributed by atoms with Crippen molar-refractivity contribution in [3.05, 3.63) is 143 Å². The van der Waals surface area contributed by atoms with Crippen LogP contribution in [0.4, 0.5) is 0 Å². The fourth-order valence-electron chi connectivity index (χ4n) is 4.54. The van der Waals surface area contributed by atoms with Crippen molar-refractivity contribution in [3.63, 3.8) is 0 Å². The third kappa shape index (κ3) is 7.39. The largest absolute Gasteiger partial charge is 3.00 e. The van der Waals surface area contributed by atoms with E-state index in [4.69, 9.17) is 5.26 Å². The summed E-state index contributed by atoms with van der Waals surface area (Å²) < 4.78 is 2.34. The SMILES string of the molecule is C/C=C(\N=C(C)c1[c-]cccc1)c1ccc(C#N)cc1.CC.Cc1cccc2[n+]1[C-](C)[C-](C)c1ccccc1-2.[Ir+3]. The van der Waals surface area contributed by atoms with Crippen molar-refractivity contribution in [3.8, 4) is 17.3 Å². The summed E-state index contributed by atoms with van der Waals surface area (Å²) in [4.78, 5) is 4.65. The Morgan fingerprint density at radius 2 is 1.60 bits per heavy atom. The first-order valence-electron chi connectivity index (χ1n) is 13.4. The first-order valence-corrected chi connectivity index (χ1v) is 13.4. The van der Waals surface area contributed by atoms with Crippen molar-refractivity contribution < 1.29 is 24.7 Å². The van der Waals surface area contributed by atoms with Gasteiger partial charge < -0.3 is 9.56 Å². The Morgan fingerprint density at radius 3 is 2.23 bits per heavy atom. The average Bonchev–Trinajstić information content (AvgIpc) is 3.00. The molecule has 0 saturated carbocycles. The van der Waals surface area contributed by atoms with Crippen LogP contribution in [0, 0.1) is 36.3 Å². The number of nitrogens with zero attached hydrogens (tertiary/aromatic N) is 3. The first-order chi connectivity index (χ1) is 18.9. The van der Waals surface area contributed by atoms with Crippen LogP contribution in [0.3, 0.4) is 0 Å². The molecule has 1 aromatic heterocycles. The van der Waals surface area contributed by atoms with E-state index in [9.17, 15) is 0 Å². The van der Waals surface area contributed by atoms with Gasteiger partial charge >= 0.3 is 20.1 Å². The van der Waals surface area contributed by atoms with Crippen molar-refractivity contribution in [2.75, 3.05) is 0 Å². The summed E-state index contributed by atoms with van der Waals surface area (Å²) >= 11 is 0. The molecule has 0 atom stereocenters. The second kappa shape index (κ2) is 15.6. The van der Waals surface area contributed by atoms with Gasteiger partial charge in [0.05, 0.1) is 28.7 Å². The molecule has 5 rings (SSSR count). The smallest absolute Gasteiger partial charge is 0.343 e. The van der Waals surface area contributed by atoms with Crippen LogP contribution in [0.15, 0.2) is 102 Å². The monoisotopic (exact) mass is 704 g/mol. The number of hydrogen-bond donors (Lipinski definition) is 0. The number of nitriles is 1. The molecule has 0 spiro atoms. The summed E-state index contributed by atoms with van der Waals surface area (Å²) in [6.45, 7) is 14.5. The second-order valence-electron chi connectivity index (χ2n) is 8.98. The van der Waals surface area contributed by atoms with E-state index in [0.717, 1.165) is 22.5 Å². The van der Waals surface area contributed by atoms with Gasteiger partial charge in [0, 0.05) is 6.04 Å². The summed E-state index contributed by atoms with van der Waals surface area (Å²) in [5.41, 5.74) is 9.73. The number of fused-ring (bicyclic) bond motifs is 3. The molecule has 3 nitrogen and oxygen atoms in total. The molecule has 0 amide bonds. The van der Waals surface area contributed by atoms with Crippen molar-refractivity contribution in [1.29, 1.82) is 5.26 Å². The predicted octanol–water partition coefficient (Wildman–Crippen LogP) is 8.56. The van der Waals surface area contributed by atoms with Gasteiger partial charge in [-0.1, -0.05) is 70.2 Å². The number of aliphatic imine (C=N–C) groups is 1. The maximum Gasteiger partial charge on any atom is 3.00 e. The molecule has 0 radical (unpaired) electrons. The minimum Gasteiger partial charge on any atom is -0.343 e. The summed E-state index contributed by atoms with van der Waals surface area (Å²) in [6.07, 6.45) is 1.97. The van der Waals surface area contributed by atoms with Gasteiger partial charge in [0.2, 0.25) is 0 Å². The molecule has 0 aliphatic carbocycles. The number of allylic oxidation sites excluding steroid dienone is 1. The third-order valence-corrected chi connectivity index (χ3v) is 6.64. The van der Waals surface area contributed by atoms with Crippen LogP contribution < -0.4 is 4.57 Å². The molecular formula is C36H37IrN3+. The van der Waals surface area contributed by atoms with Gasteiger partial charge in [-0.15, -0.1) is 59.5 Å². The number of benzene rings is 3. The number of aromatic nitrogens is 1. The summed E-state index contributed by atoms with van der Waals surface area (Å²) in [6, 6.07) is 37.0. The maximum atomic E-state index is 8.82. The zero-order chi connectivity index (χ0) is 28.4. The first kappa shape index (κ1) is 32.3. The van der Waals surface area contributed by atoms with E-state index in [1.165, 1.54) is 34.5 Å². The summed E-state index contributed by atoms with van der Waals surface area (Å²) in [5.74, 6) is 1.37. The minimum atomic E-state index is 0. The molecule has 3 aromatic carbocycles. The van der Waals surface area contributed by atoms with Gasteiger partial charge in [-0.25, -0.2) is 0 Å². The van der Waals surface area contributed by atoms with Crippen molar-refractivity contribution in [2.45, 2.75) is 48.5 Å². The van der Waals surface area contributed by atoms with E-state index in [-0.39, 0.29) is 20.1 Å². The van der Waals surface area contributed by atoms with Gasteiger partial charge in [-0.05, 0) is 44.2 Å². The number of aryl methyl sites for hydroxylation is 1. The van der Waals surface area contributed by atoms with Crippen LogP contribution in [0.5, 0.6) is 0 Å². The van der Waals surface area contributed by atoms with Crippen LogP contribution in [0.2, 0.25) is 0 Å².